The van der Waals surface area contributed by atoms with Crippen molar-refractivity contribution in [3.63, 3.8) is 0 Å². The molecule has 2 aromatic rings. The molecule has 0 spiro atoms. The van der Waals surface area contributed by atoms with Crippen LogP contribution in [0, 0.1) is 6.92 Å². The fourth-order valence-corrected chi connectivity index (χ4v) is 2.35. The Morgan fingerprint density at radius 2 is 2.43 bits per heavy atom. The van der Waals surface area contributed by atoms with Gasteiger partial charge in [-0.1, -0.05) is 0 Å². The molecule has 1 N–H and O–H groups in total. The summed E-state index contributed by atoms with van der Waals surface area (Å²) in [5.41, 5.74) is 2.89. The number of nitrogens with one attached hydrogen (secondary N) is 1. The number of halogens is 1. The summed E-state index contributed by atoms with van der Waals surface area (Å²) in [7, 11) is 0. The van der Waals surface area contributed by atoms with Gasteiger partial charge >= 0.3 is 0 Å². The van der Waals surface area contributed by atoms with Crippen LogP contribution in [0.2, 0.25) is 5.28 Å². The van der Waals surface area contributed by atoms with Gasteiger partial charge in [0.25, 0.3) is 0 Å². The third-order valence-corrected chi connectivity index (χ3v) is 3.52. The van der Waals surface area contributed by atoms with E-state index in [0.717, 1.165) is 17.4 Å². The molecule has 0 atom stereocenters. The van der Waals surface area contributed by atoms with Crippen molar-refractivity contribution in [2.45, 2.75) is 13.5 Å². The van der Waals surface area contributed by atoms with E-state index in [-0.39, 0.29) is 0 Å². The number of aryl methyl sites for hydroxylation is 1. The van der Waals surface area contributed by atoms with Gasteiger partial charge in [0.05, 0.1) is 17.7 Å². The highest BCUT2D eigenvalue weighted by atomic mass is 35.5. The van der Waals surface area contributed by atoms with Crippen molar-refractivity contribution < 1.29 is 0 Å². The molecule has 0 aliphatic rings. The van der Waals surface area contributed by atoms with Crippen molar-refractivity contribution in [1.82, 2.24) is 14.3 Å². The first-order chi connectivity index (χ1) is 6.75. The lowest BCUT2D eigenvalue weighted by molar-refractivity contribution is 1.11. The van der Waals surface area contributed by atoms with E-state index in [4.69, 9.17) is 11.6 Å². The lowest BCUT2D eigenvalue weighted by Gasteiger charge is -1.98. The quantitative estimate of drug-likeness (QED) is 0.905. The van der Waals surface area contributed by atoms with Crippen molar-refractivity contribution in [1.29, 1.82) is 0 Å². The van der Waals surface area contributed by atoms with Crippen molar-refractivity contribution in [2.24, 2.45) is 0 Å². The Morgan fingerprint density at radius 1 is 1.57 bits per heavy atom. The van der Waals surface area contributed by atoms with Crippen molar-refractivity contribution >= 4 is 39.6 Å². The number of rotatable bonds is 3. The van der Waals surface area contributed by atoms with E-state index in [2.05, 4.69) is 19.7 Å². The molecule has 2 rings (SSSR count). The standard InChI is InChI=1S/C7H7ClN4S2/c1-4-5(13-3-10-4)2-9-7-11-6(8)12-14-7/h3H,2H2,1H3,(H,9,11,12). The zero-order chi connectivity index (χ0) is 9.97. The summed E-state index contributed by atoms with van der Waals surface area (Å²) in [5.74, 6) is 0. The van der Waals surface area contributed by atoms with Gasteiger partial charge in [0.2, 0.25) is 10.4 Å². The van der Waals surface area contributed by atoms with E-state index in [9.17, 15) is 0 Å². The minimum Gasteiger partial charge on any atom is -0.355 e. The van der Waals surface area contributed by atoms with Crippen LogP contribution in [0.3, 0.4) is 0 Å². The Labute approximate surface area is 94.2 Å². The Bertz CT molecular complexity index is 425. The molecule has 74 valence electrons. The largest absolute Gasteiger partial charge is 0.355 e. The van der Waals surface area contributed by atoms with Gasteiger partial charge in [0, 0.05) is 16.4 Å². The van der Waals surface area contributed by atoms with E-state index < -0.39 is 0 Å². The maximum absolute atomic E-state index is 5.59. The number of nitrogens with zero attached hydrogens (tertiary/aromatic N) is 3. The molecule has 0 saturated carbocycles. The van der Waals surface area contributed by atoms with Crippen LogP contribution in [0.15, 0.2) is 5.51 Å². The highest BCUT2D eigenvalue weighted by Gasteiger charge is 2.03. The molecule has 2 heterocycles. The maximum atomic E-state index is 5.59. The third-order valence-electron chi connectivity index (χ3n) is 1.65. The second-order valence-electron chi connectivity index (χ2n) is 2.58. The molecule has 7 heteroatoms. The number of hydrogen-bond acceptors (Lipinski definition) is 6. The predicted molar refractivity (Wildman–Crippen MR) is 59.1 cm³/mol. The third kappa shape index (κ3) is 2.20. The lowest BCUT2D eigenvalue weighted by atomic mass is 10.4. The highest BCUT2D eigenvalue weighted by Crippen LogP contribution is 2.17. The van der Waals surface area contributed by atoms with E-state index in [1.54, 1.807) is 11.3 Å². The smallest absolute Gasteiger partial charge is 0.236 e. The minimum absolute atomic E-state index is 0.290. The van der Waals surface area contributed by atoms with Crippen LogP contribution in [0.1, 0.15) is 10.6 Å². The Morgan fingerprint density at radius 3 is 3.00 bits per heavy atom. The van der Waals surface area contributed by atoms with E-state index >= 15 is 0 Å². The summed E-state index contributed by atoms with van der Waals surface area (Å²) in [6.07, 6.45) is 0. The molecular formula is C7H7ClN4S2. The fourth-order valence-electron chi connectivity index (χ4n) is 0.929. The first-order valence-electron chi connectivity index (χ1n) is 3.88. The molecule has 0 saturated heterocycles. The summed E-state index contributed by atoms with van der Waals surface area (Å²) >= 11 is 8.47. The first-order valence-corrected chi connectivity index (χ1v) is 5.91. The summed E-state index contributed by atoms with van der Waals surface area (Å²) in [6.45, 7) is 2.71. The summed E-state index contributed by atoms with van der Waals surface area (Å²) < 4.78 is 3.86. The molecule has 0 radical (unpaired) electrons. The van der Waals surface area contributed by atoms with Crippen LogP contribution in [0.5, 0.6) is 0 Å². The van der Waals surface area contributed by atoms with Gasteiger partial charge in [-0.25, -0.2) is 4.98 Å². The molecule has 0 bridgehead atoms. The topological polar surface area (TPSA) is 50.7 Å². The number of thiazole rings is 1. The predicted octanol–water partition coefficient (Wildman–Crippen LogP) is 2.57. The van der Waals surface area contributed by atoms with Gasteiger partial charge < -0.3 is 5.32 Å². The molecule has 0 aliphatic heterocycles. The number of aromatic nitrogens is 3. The Kier molecular flexibility index (Phi) is 2.95. The SMILES string of the molecule is Cc1ncsc1CNc1nc(Cl)ns1. The maximum Gasteiger partial charge on any atom is 0.236 e. The van der Waals surface area contributed by atoms with Crippen LogP contribution in [0.4, 0.5) is 5.13 Å². The number of hydrogen-bond donors (Lipinski definition) is 1. The van der Waals surface area contributed by atoms with Crippen LogP contribution in [-0.4, -0.2) is 14.3 Å². The molecule has 0 unspecified atom stereocenters. The fraction of sp³-hybridized carbons (Fsp3) is 0.286. The van der Waals surface area contributed by atoms with Gasteiger partial charge in [-0.2, -0.15) is 9.36 Å². The lowest BCUT2D eigenvalue weighted by Crippen LogP contribution is -1.98. The summed E-state index contributed by atoms with van der Waals surface area (Å²) in [4.78, 5) is 9.34. The van der Waals surface area contributed by atoms with E-state index in [0.29, 0.717) is 5.28 Å². The summed E-state index contributed by atoms with van der Waals surface area (Å²) in [5, 5.41) is 4.17. The van der Waals surface area contributed by atoms with Gasteiger partial charge in [-0.3, -0.25) is 0 Å². The normalized spacial score (nSPS) is 10.4. The minimum atomic E-state index is 0.290. The molecular weight excluding hydrogens is 240 g/mol. The Hall–Kier alpha value is -0.720. The average Bonchev–Trinajstić information content (AvgIpc) is 2.72. The molecule has 0 fully saturated rings. The first kappa shape index (κ1) is 9.82. The van der Waals surface area contributed by atoms with Crippen LogP contribution < -0.4 is 5.32 Å². The van der Waals surface area contributed by atoms with Crippen molar-refractivity contribution in [2.75, 3.05) is 5.32 Å². The highest BCUT2D eigenvalue weighted by molar-refractivity contribution is 7.10. The molecule has 0 aliphatic carbocycles. The van der Waals surface area contributed by atoms with Gasteiger partial charge in [0.1, 0.15) is 0 Å². The molecule has 0 aromatic carbocycles. The molecule has 0 amide bonds. The van der Waals surface area contributed by atoms with Crippen LogP contribution in [-0.2, 0) is 6.54 Å². The monoisotopic (exact) mass is 246 g/mol. The molecule has 4 nitrogen and oxygen atoms in total. The zero-order valence-electron chi connectivity index (χ0n) is 7.32. The van der Waals surface area contributed by atoms with Crippen LogP contribution in [0.25, 0.3) is 0 Å². The second-order valence-corrected chi connectivity index (χ2v) is 4.61. The van der Waals surface area contributed by atoms with Crippen molar-refractivity contribution in [3.05, 3.63) is 21.4 Å². The number of anilines is 1. The van der Waals surface area contributed by atoms with Gasteiger partial charge in [-0.05, 0) is 18.5 Å². The van der Waals surface area contributed by atoms with Crippen LogP contribution >= 0.6 is 34.5 Å². The summed E-state index contributed by atoms with van der Waals surface area (Å²) in [6, 6.07) is 0. The Balaban J connectivity index is 1.98. The molecule has 14 heavy (non-hydrogen) atoms. The molecule has 2 aromatic heterocycles. The average molecular weight is 247 g/mol. The van der Waals surface area contributed by atoms with Gasteiger partial charge in [0.15, 0.2) is 0 Å². The second kappa shape index (κ2) is 4.20. The van der Waals surface area contributed by atoms with Crippen molar-refractivity contribution in [3.8, 4) is 0 Å². The zero-order valence-corrected chi connectivity index (χ0v) is 9.71. The van der Waals surface area contributed by atoms with E-state index in [1.165, 1.54) is 16.4 Å². The van der Waals surface area contributed by atoms with Gasteiger partial charge in [-0.15, -0.1) is 11.3 Å². The van der Waals surface area contributed by atoms with E-state index in [1.807, 2.05) is 12.4 Å².